The molecular formula is C13H13ClF5NO3. The molecule has 1 rings (SSSR count). The van der Waals surface area contributed by atoms with Gasteiger partial charge >= 0.3 is 12.1 Å². The van der Waals surface area contributed by atoms with E-state index in [-0.39, 0.29) is 12.3 Å². The number of rotatable bonds is 5. The highest BCUT2D eigenvalue weighted by Crippen LogP contribution is 2.42. The number of methoxy groups -OCH3 is 1. The Bertz CT molecular complexity index is 590. The molecule has 0 N–H and O–H groups in total. The van der Waals surface area contributed by atoms with Crippen molar-refractivity contribution in [2.45, 2.75) is 32.9 Å². The van der Waals surface area contributed by atoms with Crippen LogP contribution in [0.1, 0.15) is 47.6 Å². The fourth-order valence-corrected chi connectivity index (χ4v) is 2.17. The number of carbonyl (C=O) groups excluding carboxylic acids is 1. The van der Waals surface area contributed by atoms with Crippen LogP contribution in [0.2, 0.25) is 0 Å². The van der Waals surface area contributed by atoms with Crippen LogP contribution in [0.3, 0.4) is 0 Å². The van der Waals surface area contributed by atoms with E-state index in [1.54, 1.807) is 13.8 Å². The van der Waals surface area contributed by atoms with Crippen molar-refractivity contribution in [2.75, 3.05) is 7.11 Å². The zero-order valence-corrected chi connectivity index (χ0v) is 13.1. The zero-order valence-electron chi connectivity index (χ0n) is 12.3. The molecule has 0 spiro atoms. The van der Waals surface area contributed by atoms with E-state index in [0.717, 1.165) is 7.11 Å². The first kappa shape index (κ1) is 19.4. The summed E-state index contributed by atoms with van der Waals surface area (Å²) >= 11 is 5.10. The number of nitrogens with zero attached hydrogens (tertiary/aromatic N) is 1. The summed E-state index contributed by atoms with van der Waals surface area (Å²) in [5.74, 6) is -2.50. The van der Waals surface area contributed by atoms with Crippen molar-refractivity contribution in [3.8, 4) is 5.75 Å². The van der Waals surface area contributed by atoms with Crippen molar-refractivity contribution in [1.29, 1.82) is 0 Å². The number of pyridine rings is 1. The zero-order chi connectivity index (χ0) is 17.9. The largest absolute Gasteiger partial charge is 0.465 e. The summed E-state index contributed by atoms with van der Waals surface area (Å²) in [6, 6.07) is 0. The van der Waals surface area contributed by atoms with E-state index in [1.807, 2.05) is 0 Å². The van der Waals surface area contributed by atoms with E-state index in [1.165, 1.54) is 0 Å². The first-order valence-electron chi connectivity index (χ1n) is 6.33. The van der Waals surface area contributed by atoms with Gasteiger partial charge in [-0.2, -0.15) is 13.2 Å². The smallest absolute Gasteiger partial charge is 0.437 e. The maximum absolute atomic E-state index is 13.1. The van der Waals surface area contributed by atoms with Gasteiger partial charge in [-0.05, 0) is 12.3 Å². The lowest BCUT2D eigenvalue weighted by Gasteiger charge is -2.20. The van der Waals surface area contributed by atoms with Crippen LogP contribution in [-0.4, -0.2) is 18.1 Å². The molecule has 0 saturated heterocycles. The molecule has 1 aromatic rings. The number of ether oxygens (including phenoxy) is 1. The molecule has 0 aliphatic carbocycles. The van der Waals surface area contributed by atoms with E-state index in [2.05, 4.69) is 14.0 Å². The van der Waals surface area contributed by atoms with E-state index >= 15 is 0 Å². The Morgan fingerprint density at radius 3 is 2.22 bits per heavy atom. The third-order valence-electron chi connectivity index (χ3n) is 2.83. The number of aromatic nitrogens is 1. The SMILES string of the molecule is COC(=O)c1c(C(F)F)nc(C(F)(F)F)c(OCl)c1CC(C)C. The van der Waals surface area contributed by atoms with Gasteiger partial charge in [-0.15, -0.1) is 0 Å². The molecule has 0 aliphatic rings. The molecule has 0 aromatic carbocycles. The maximum Gasteiger partial charge on any atom is 0.437 e. The Labute approximate surface area is 133 Å². The molecule has 0 aliphatic heterocycles. The summed E-state index contributed by atoms with van der Waals surface area (Å²) in [7, 11) is 0.912. The minimum atomic E-state index is -5.09. The summed E-state index contributed by atoms with van der Waals surface area (Å²) in [5.41, 5.74) is -4.22. The van der Waals surface area contributed by atoms with Gasteiger partial charge in [0, 0.05) is 5.56 Å². The molecule has 10 heteroatoms. The molecule has 4 nitrogen and oxygen atoms in total. The van der Waals surface area contributed by atoms with Crippen molar-refractivity contribution < 1.29 is 35.8 Å². The van der Waals surface area contributed by atoms with E-state index in [0.29, 0.717) is 0 Å². The first-order valence-corrected chi connectivity index (χ1v) is 6.64. The van der Waals surface area contributed by atoms with Crippen LogP contribution >= 0.6 is 11.9 Å². The molecule has 0 fully saturated rings. The van der Waals surface area contributed by atoms with Gasteiger partial charge < -0.3 is 9.03 Å². The van der Waals surface area contributed by atoms with Crippen LogP contribution in [-0.2, 0) is 17.3 Å². The van der Waals surface area contributed by atoms with Gasteiger partial charge in [0.25, 0.3) is 6.43 Å². The average Bonchev–Trinajstić information content (AvgIpc) is 2.43. The minimum absolute atomic E-state index is 0.169. The summed E-state index contributed by atoms with van der Waals surface area (Å²) in [6.07, 6.45) is -8.67. The molecule has 0 amide bonds. The third-order valence-corrected chi connectivity index (χ3v) is 2.99. The highest BCUT2D eigenvalue weighted by Gasteiger charge is 2.42. The summed E-state index contributed by atoms with van der Waals surface area (Å²) < 4.78 is 74.0. The molecule has 0 unspecified atom stereocenters. The fourth-order valence-electron chi connectivity index (χ4n) is 2.00. The predicted molar refractivity (Wildman–Crippen MR) is 70.6 cm³/mol. The van der Waals surface area contributed by atoms with Crippen LogP contribution in [0, 0.1) is 5.92 Å². The van der Waals surface area contributed by atoms with Crippen molar-refractivity contribution in [2.24, 2.45) is 5.92 Å². The molecule has 1 heterocycles. The van der Waals surface area contributed by atoms with Gasteiger partial charge in [0.15, 0.2) is 11.4 Å². The second-order valence-corrected chi connectivity index (χ2v) is 5.15. The number of hydrogen-bond donors (Lipinski definition) is 0. The summed E-state index contributed by atoms with van der Waals surface area (Å²) in [6.45, 7) is 3.24. The minimum Gasteiger partial charge on any atom is -0.465 e. The van der Waals surface area contributed by atoms with E-state index in [9.17, 15) is 26.7 Å². The van der Waals surface area contributed by atoms with Crippen molar-refractivity contribution in [1.82, 2.24) is 4.98 Å². The lowest BCUT2D eigenvalue weighted by molar-refractivity contribution is -0.142. The lowest BCUT2D eigenvalue weighted by atomic mass is 9.95. The molecule has 0 bridgehead atoms. The second kappa shape index (κ2) is 7.29. The number of esters is 1. The van der Waals surface area contributed by atoms with Gasteiger partial charge in [-0.1, -0.05) is 13.8 Å². The number of alkyl halides is 5. The van der Waals surface area contributed by atoms with Crippen LogP contribution in [0.15, 0.2) is 0 Å². The van der Waals surface area contributed by atoms with E-state index in [4.69, 9.17) is 11.9 Å². The highest BCUT2D eigenvalue weighted by atomic mass is 35.5. The Kier molecular flexibility index (Phi) is 6.15. The first-order chi connectivity index (χ1) is 10.5. The van der Waals surface area contributed by atoms with Crippen LogP contribution in [0.5, 0.6) is 5.75 Å². The molecule has 0 radical (unpaired) electrons. The normalized spacial score (nSPS) is 12.0. The number of halogens is 6. The van der Waals surface area contributed by atoms with Gasteiger partial charge in [0.1, 0.15) is 17.6 Å². The summed E-state index contributed by atoms with van der Waals surface area (Å²) in [5, 5.41) is 0. The highest BCUT2D eigenvalue weighted by molar-refractivity contribution is 6.09. The average molecular weight is 362 g/mol. The van der Waals surface area contributed by atoms with E-state index < -0.39 is 46.8 Å². The van der Waals surface area contributed by atoms with Crippen LogP contribution < -0.4 is 4.29 Å². The second-order valence-electron chi connectivity index (χ2n) is 4.99. The molecular weight excluding hydrogens is 349 g/mol. The monoisotopic (exact) mass is 361 g/mol. The van der Waals surface area contributed by atoms with Crippen molar-refractivity contribution in [3.05, 3.63) is 22.5 Å². The third kappa shape index (κ3) is 4.21. The van der Waals surface area contributed by atoms with Crippen molar-refractivity contribution in [3.63, 3.8) is 0 Å². The topological polar surface area (TPSA) is 48.4 Å². The standard InChI is InChI=1S/C13H13ClF5NO3/c1-5(2)4-6-7(12(21)22-3)8(11(15)16)20-10(9(6)23-14)13(17,18)19/h5,11H,4H2,1-3H3. The van der Waals surface area contributed by atoms with Crippen molar-refractivity contribution >= 4 is 17.8 Å². The predicted octanol–water partition coefficient (Wildman–Crippen LogP) is 4.56. The number of hydrogen-bond acceptors (Lipinski definition) is 4. The summed E-state index contributed by atoms with van der Waals surface area (Å²) in [4.78, 5) is 14.7. The Morgan fingerprint density at radius 2 is 1.87 bits per heavy atom. The molecule has 0 saturated carbocycles. The fraction of sp³-hybridized carbons (Fsp3) is 0.538. The molecule has 0 atom stereocenters. The molecule has 1 aromatic heterocycles. The molecule has 23 heavy (non-hydrogen) atoms. The van der Waals surface area contributed by atoms with Gasteiger partial charge in [0.2, 0.25) is 0 Å². The Balaban J connectivity index is 3.88. The van der Waals surface area contributed by atoms with Crippen LogP contribution in [0.4, 0.5) is 22.0 Å². The van der Waals surface area contributed by atoms with Crippen LogP contribution in [0.25, 0.3) is 0 Å². The van der Waals surface area contributed by atoms with Gasteiger partial charge in [0.05, 0.1) is 12.7 Å². The number of carbonyl (C=O) groups is 1. The Hall–Kier alpha value is -1.64. The van der Waals surface area contributed by atoms with Gasteiger partial charge in [-0.3, -0.25) is 0 Å². The van der Waals surface area contributed by atoms with Gasteiger partial charge in [-0.25, -0.2) is 18.6 Å². The Morgan fingerprint density at radius 1 is 1.30 bits per heavy atom. The lowest BCUT2D eigenvalue weighted by Crippen LogP contribution is -2.20. The quantitative estimate of drug-likeness (QED) is 0.570. The maximum atomic E-state index is 13.1. The molecule has 130 valence electrons.